The second kappa shape index (κ2) is 7.37. The molecular weight excluding hydrogens is 404 g/mol. The molecule has 0 saturated carbocycles. The molecule has 9 nitrogen and oxygen atoms in total. The van der Waals surface area contributed by atoms with Gasteiger partial charge in [-0.25, -0.2) is 0 Å². The molecule has 1 atom stereocenters. The lowest BCUT2D eigenvalue weighted by Crippen LogP contribution is -2.64. The first kappa shape index (κ1) is 20.6. The number of carbonyl (C=O) groups is 2. The van der Waals surface area contributed by atoms with Crippen molar-refractivity contribution in [1.82, 2.24) is 0 Å². The minimum atomic E-state index is -3.98. The molecule has 0 N–H and O–H groups in total. The summed E-state index contributed by atoms with van der Waals surface area (Å²) in [6.07, 6.45) is -0.653. The van der Waals surface area contributed by atoms with Crippen LogP contribution in [0.15, 0.2) is 47.4 Å². The van der Waals surface area contributed by atoms with Gasteiger partial charge in [-0.2, -0.15) is 8.42 Å². The lowest BCUT2D eigenvalue weighted by molar-refractivity contribution is -0.362. The van der Waals surface area contributed by atoms with Gasteiger partial charge < -0.3 is 29.3 Å². The van der Waals surface area contributed by atoms with Crippen molar-refractivity contribution in [2.24, 2.45) is 0 Å². The lowest BCUT2D eigenvalue weighted by atomic mass is 10.1. The molecule has 0 saturated heterocycles. The Morgan fingerprint density at radius 3 is 2.21 bits per heavy atom. The van der Waals surface area contributed by atoms with E-state index >= 15 is 0 Å². The summed E-state index contributed by atoms with van der Waals surface area (Å²) in [5.74, 6) is -7.57. The normalized spacial score (nSPS) is 15.7. The van der Waals surface area contributed by atoms with E-state index in [1.807, 2.05) is 6.92 Å². The number of aryl methyl sites for hydroxylation is 1. The highest BCUT2D eigenvalue weighted by Gasteiger charge is 2.45. The Morgan fingerprint density at radius 2 is 1.62 bits per heavy atom. The van der Waals surface area contributed by atoms with Crippen molar-refractivity contribution >= 4 is 22.1 Å². The van der Waals surface area contributed by atoms with Crippen molar-refractivity contribution in [3.63, 3.8) is 0 Å². The van der Waals surface area contributed by atoms with Crippen LogP contribution >= 0.6 is 0 Å². The molecule has 2 aromatic rings. The Kier molecular flexibility index (Phi) is 5.24. The maximum atomic E-state index is 12.4. The fourth-order valence-electron chi connectivity index (χ4n) is 2.77. The Morgan fingerprint density at radius 1 is 1.03 bits per heavy atom. The summed E-state index contributed by atoms with van der Waals surface area (Å²) in [5, 5.41) is 22.3. The van der Waals surface area contributed by atoms with Crippen LogP contribution < -0.4 is 19.7 Å². The molecule has 0 fully saturated rings. The molecule has 2 aromatic carbocycles. The average molecular weight is 420 g/mol. The van der Waals surface area contributed by atoms with E-state index < -0.39 is 33.9 Å². The number of carbonyl (C=O) groups excluding carboxylic acids is 2. The van der Waals surface area contributed by atoms with Crippen LogP contribution in [0.3, 0.4) is 0 Å². The maximum absolute atomic E-state index is 12.4. The van der Waals surface area contributed by atoms with Gasteiger partial charge in [0, 0.05) is 0 Å². The summed E-state index contributed by atoms with van der Waals surface area (Å²) in [6.45, 7) is 3.37. The molecule has 0 amide bonds. The lowest BCUT2D eigenvalue weighted by Gasteiger charge is -2.28. The molecule has 154 valence electrons. The minimum Gasteiger partial charge on any atom is -0.542 e. The number of hydrogen-bond acceptors (Lipinski definition) is 9. The monoisotopic (exact) mass is 420 g/mol. The third kappa shape index (κ3) is 4.03. The SMILES string of the molecule is Cc1ccc(S(=O)(=O)OC(C)Cc2ccc3c(c2)OC(C(=O)[O-])(C(=O)[O-])O3)cc1. The fraction of sp³-hybridized carbons (Fsp3) is 0.263. The number of rotatable bonds is 7. The van der Waals surface area contributed by atoms with Gasteiger partial charge in [-0.05, 0) is 50.1 Å². The van der Waals surface area contributed by atoms with Crippen LogP contribution in [0.4, 0.5) is 0 Å². The zero-order valence-corrected chi connectivity index (χ0v) is 16.2. The van der Waals surface area contributed by atoms with E-state index in [1.165, 1.54) is 30.3 Å². The van der Waals surface area contributed by atoms with Crippen LogP contribution in [-0.2, 0) is 30.3 Å². The molecule has 3 rings (SSSR count). The third-order valence-electron chi connectivity index (χ3n) is 4.18. The number of hydrogen-bond donors (Lipinski definition) is 0. The topological polar surface area (TPSA) is 142 Å². The molecule has 0 aromatic heterocycles. The van der Waals surface area contributed by atoms with Crippen LogP contribution in [0.1, 0.15) is 18.1 Å². The summed E-state index contributed by atoms with van der Waals surface area (Å²) >= 11 is 0. The van der Waals surface area contributed by atoms with Crippen molar-refractivity contribution < 1.29 is 41.9 Å². The molecule has 1 heterocycles. The number of fused-ring (bicyclic) bond motifs is 1. The van der Waals surface area contributed by atoms with Gasteiger partial charge in [0.15, 0.2) is 11.5 Å². The van der Waals surface area contributed by atoms with E-state index in [0.29, 0.717) is 5.56 Å². The van der Waals surface area contributed by atoms with Gasteiger partial charge in [0.1, 0.15) is 11.9 Å². The number of benzene rings is 2. The van der Waals surface area contributed by atoms with Gasteiger partial charge >= 0.3 is 5.79 Å². The summed E-state index contributed by atoms with van der Waals surface area (Å²) in [5.41, 5.74) is 1.41. The highest BCUT2D eigenvalue weighted by molar-refractivity contribution is 7.86. The summed E-state index contributed by atoms with van der Waals surface area (Å²) in [6, 6.07) is 10.3. The zero-order valence-electron chi connectivity index (χ0n) is 15.4. The number of carboxylic acid groups (broad SMARTS) is 2. The van der Waals surface area contributed by atoms with Gasteiger partial charge in [-0.1, -0.05) is 23.8 Å². The van der Waals surface area contributed by atoms with E-state index in [0.717, 1.165) is 5.56 Å². The van der Waals surface area contributed by atoms with Crippen molar-refractivity contribution in [2.45, 2.75) is 37.1 Å². The van der Waals surface area contributed by atoms with Crippen molar-refractivity contribution in [2.75, 3.05) is 0 Å². The highest BCUT2D eigenvalue weighted by atomic mass is 32.2. The van der Waals surface area contributed by atoms with Crippen molar-refractivity contribution in [3.8, 4) is 11.5 Å². The van der Waals surface area contributed by atoms with Crippen LogP contribution in [-0.4, -0.2) is 32.2 Å². The second-order valence-electron chi connectivity index (χ2n) is 6.55. The van der Waals surface area contributed by atoms with E-state index in [-0.39, 0.29) is 22.8 Å². The van der Waals surface area contributed by atoms with Gasteiger partial charge in [0.25, 0.3) is 10.1 Å². The predicted octanol–water partition coefficient (Wildman–Crippen LogP) is -0.701. The molecule has 1 aliphatic heterocycles. The van der Waals surface area contributed by atoms with Crippen LogP contribution in [0, 0.1) is 6.92 Å². The Hall–Kier alpha value is -3.11. The largest absolute Gasteiger partial charge is 0.542 e. The van der Waals surface area contributed by atoms with Crippen molar-refractivity contribution in [3.05, 3.63) is 53.6 Å². The summed E-state index contributed by atoms with van der Waals surface area (Å²) in [7, 11) is -3.98. The predicted molar refractivity (Wildman–Crippen MR) is 93.1 cm³/mol. The first-order valence-electron chi connectivity index (χ1n) is 8.47. The summed E-state index contributed by atoms with van der Waals surface area (Å²) in [4.78, 5) is 22.3. The Bertz CT molecular complexity index is 1040. The molecule has 1 aliphatic rings. The maximum Gasteiger partial charge on any atom is 0.335 e. The first-order valence-corrected chi connectivity index (χ1v) is 9.88. The van der Waals surface area contributed by atoms with Gasteiger partial charge in [-0.15, -0.1) is 0 Å². The van der Waals surface area contributed by atoms with Gasteiger partial charge in [-0.3, -0.25) is 4.18 Å². The quantitative estimate of drug-likeness (QED) is 0.420. The first-order chi connectivity index (χ1) is 13.5. The fourth-order valence-corrected chi connectivity index (χ4v) is 3.85. The van der Waals surface area contributed by atoms with Crippen molar-refractivity contribution in [1.29, 1.82) is 0 Å². The Labute approximate surface area is 166 Å². The smallest absolute Gasteiger partial charge is 0.335 e. The van der Waals surface area contributed by atoms with Crippen LogP contribution in [0.25, 0.3) is 0 Å². The van der Waals surface area contributed by atoms with Crippen LogP contribution in [0.5, 0.6) is 11.5 Å². The molecule has 29 heavy (non-hydrogen) atoms. The standard InChI is InChI=1S/C19H18O9S/c1-11-3-6-14(7-4-11)29(24,25)28-12(2)9-13-5-8-15-16(10-13)27-19(26-15,17(20)21)18(22)23/h3-8,10,12H,9H2,1-2H3,(H,20,21)(H,22,23)/p-2. The van der Waals surface area contributed by atoms with E-state index in [1.54, 1.807) is 19.1 Å². The highest BCUT2D eigenvalue weighted by Crippen LogP contribution is 2.40. The number of carboxylic acids is 2. The third-order valence-corrected chi connectivity index (χ3v) is 5.61. The number of ether oxygens (including phenoxy) is 2. The molecular formula is C19H16O9S-2. The summed E-state index contributed by atoms with van der Waals surface area (Å²) < 4.78 is 39.7. The molecule has 0 radical (unpaired) electrons. The molecule has 10 heteroatoms. The van der Waals surface area contributed by atoms with E-state index in [4.69, 9.17) is 13.7 Å². The molecule has 0 aliphatic carbocycles. The Balaban J connectivity index is 1.73. The number of aliphatic carboxylic acids is 2. The minimum absolute atomic E-state index is 0.0216. The molecule has 0 bridgehead atoms. The second-order valence-corrected chi connectivity index (χ2v) is 8.13. The van der Waals surface area contributed by atoms with Gasteiger partial charge in [0.2, 0.25) is 0 Å². The molecule has 1 unspecified atom stereocenters. The van der Waals surface area contributed by atoms with Crippen LogP contribution in [0.2, 0.25) is 0 Å². The van der Waals surface area contributed by atoms with E-state index in [9.17, 15) is 28.2 Å². The van der Waals surface area contributed by atoms with Gasteiger partial charge in [0.05, 0.1) is 11.0 Å². The zero-order chi connectivity index (χ0) is 21.4. The molecule has 0 spiro atoms. The van der Waals surface area contributed by atoms with E-state index in [2.05, 4.69) is 0 Å². The average Bonchev–Trinajstić information content (AvgIpc) is 3.02.